The molecule has 0 unspecified atom stereocenters. The van der Waals surface area contributed by atoms with Crippen molar-refractivity contribution in [2.24, 2.45) is 0 Å². The highest BCUT2D eigenvalue weighted by molar-refractivity contribution is 14.1. The smallest absolute Gasteiger partial charge is 0.0663 e. The number of anilines is 2. The molecule has 0 spiro atoms. The zero-order valence-corrected chi connectivity index (χ0v) is 11.7. The summed E-state index contributed by atoms with van der Waals surface area (Å²) in [5.74, 6) is 0. The van der Waals surface area contributed by atoms with Crippen LogP contribution >= 0.6 is 22.6 Å². The number of halogens is 1. The fraction of sp³-hybridized carbons (Fsp3) is 0.500. The van der Waals surface area contributed by atoms with Crippen LogP contribution in [0.4, 0.5) is 11.4 Å². The molecular weight excluding hydrogens is 331 g/mol. The highest BCUT2D eigenvalue weighted by Gasteiger charge is 2.32. The van der Waals surface area contributed by atoms with Gasteiger partial charge < -0.3 is 20.9 Å². The predicted octanol–water partition coefficient (Wildman–Crippen LogP) is 1.83. The molecule has 0 radical (unpaired) electrons. The summed E-state index contributed by atoms with van der Waals surface area (Å²) >= 11 is 2.23. The molecule has 4 nitrogen and oxygen atoms in total. The first-order valence-corrected chi connectivity index (χ1v) is 6.75. The number of rotatable bonds is 3. The fourth-order valence-electron chi connectivity index (χ4n) is 2.02. The summed E-state index contributed by atoms with van der Waals surface area (Å²) in [7, 11) is 0. The van der Waals surface area contributed by atoms with E-state index in [0.717, 1.165) is 27.8 Å². The minimum absolute atomic E-state index is 0.0990. The Kier molecular flexibility index (Phi) is 4.11. The van der Waals surface area contributed by atoms with Crippen LogP contribution in [0, 0.1) is 3.57 Å². The van der Waals surface area contributed by atoms with Gasteiger partial charge in [0.25, 0.3) is 0 Å². The van der Waals surface area contributed by atoms with E-state index in [9.17, 15) is 5.11 Å². The van der Waals surface area contributed by atoms with Gasteiger partial charge in [0.05, 0.1) is 23.5 Å². The van der Waals surface area contributed by atoms with Crippen molar-refractivity contribution in [3.63, 3.8) is 0 Å². The van der Waals surface area contributed by atoms with Crippen LogP contribution in [0.3, 0.4) is 0 Å². The molecule has 94 valence electrons. The molecule has 0 aliphatic carbocycles. The Hall–Kier alpha value is -0.530. The van der Waals surface area contributed by atoms with E-state index in [2.05, 4.69) is 27.9 Å². The van der Waals surface area contributed by atoms with Gasteiger partial charge in [0.2, 0.25) is 0 Å². The first kappa shape index (κ1) is 12.9. The molecule has 1 heterocycles. The Morgan fingerprint density at radius 2 is 2.12 bits per heavy atom. The lowest BCUT2D eigenvalue weighted by Crippen LogP contribution is -2.47. The van der Waals surface area contributed by atoms with Crippen molar-refractivity contribution in [3.8, 4) is 0 Å². The van der Waals surface area contributed by atoms with E-state index >= 15 is 0 Å². The molecule has 1 fully saturated rings. The molecule has 1 aliphatic heterocycles. The average molecular weight is 348 g/mol. The van der Waals surface area contributed by atoms with Gasteiger partial charge in [0.15, 0.2) is 0 Å². The summed E-state index contributed by atoms with van der Waals surface area (Å²) in [6.45, 7) is 1.46. The summed E-state index contributed by atoms with van der Waals surface area (Å²) in [5.41, 5.74) is 7.29. The monoisotopic (exact) mass is 348 g/mol. The Bertz CT molecular complexity index is 392. The van der Waals surface area contributed by atoms with Gasteiger partial charge >= 0.3 is 0 Å². The number of ether oxygens (including phenoxy) is 1. The van der Waals surface area contributed by atoms with Crippen molar-refractivity contribution in [1.29, 1.82) is 0 Å². The zero-order chi connectivity index (χ0) is 12.3. The van der Waals surface area contributed by atoms with Gasteiger partial charge in [-0.2, -0.15) is 0 Å². The largest absolute Gasteiger partial charge is 0.397 e. The number of benzene rings is 1. The van der Waals surface area contributed by atoms with Gasteiger partial charge in [-0.3, -0.25) is 0 Å². The van der Waals surface area contributed by atoms with E-state index in [0.29, 0.717) is 13.2 Å². The van der Waals surface area contributed by atoms with Crippen LogP contribution in [-0.4, -0.2) is 30.5 Å². The number of hydrogen-bond acceptors (Lipinski definition) is 4. The zero-order valence-electron chi connectivity index (χ0n) is 9.58. The molecule has 1 aliphatic rings. The summed E-state index contributed by atoms with van der Waals surface area (Å²) in [4.78, 5) is 0. The maximum absolute atomic E-state index is 9.59. The van der Waals surface area contributed by atoms with Crippen molar-refractivity contribution in [2.75, 3.05) is 30.9 Å². The minimum atomic E-state index is -0.293. The van der Waals surface area contributed by atoms with Crippen LogP contribution in [0.5, 0.6) is 0 Å². The van der Waals surface area contributed by atoms with Gasteiger partial charge in [0.1, 0.15) is 0 Å². The van der Waals surface area contributed by atoms with Crippen molar-refractivity contribution in [2.45, 2.75) is 18.4 Å². The SMILES string of the molecule is Nc1cc(I)ccc1NC1(CO)CCOCC1. The molecule has 2 rings (SSSR count). The second-order valence-corrected chi connectivity index (χ2v) is 5.65. The molecule has 5 heteroatoms. The number of hydrogen-bond donors (Lipinski definition) is 3. The van der Waals surface area contributed by atoms with Crippen molar-refractivity contribution in [1.82, 2.24) is 0 Å². The van der Waals surface area contributed by atoms with Crippen LogP contribution in [0.1, 0.15) is 12.8 Å². The lowest BCUT2D eigenvalue weighted by Gasteiger charge is -2.37. The van der Waals surface area contributed by atoms with Crippen LogP contribution in [0.15, 0.2) is 18.2 Å². The molecule has 1 aromatic carbocycles. The molecule has 0 saturated carbocycles. The summed E-state index contributed by atoms with van der Waals surface area (Å²) < 4.78 is 6.44. The van der Waals surface area contributed by atoms with Crippen molar-refractivity contribution in [3.05, 3.63) is 21.8 Å². The average Bonchev–Trinajstić information content (AvgIpc) is 2.34. The maximum atomic E-state index is 9.59. The molecule has 0 atom stereocenters. The number of aliphatic hydroxyl groups is 1. The van der Waals surface area contributed by atoms with Crippen LogP contribution in [0.2, 0.25) is 0 Å². The summed E-state index contributed by atoms with van der Waals surface area (Å²) in [5, 5.41) is 13.0. The lowest BCUT2D eigenvalue weighted by atomic mass is 9.90. The third-order valence-corrected chi connectivity index (χ3v) is 3.84. The fourth-order valence-corrected chi connectivity index (χ4v) is 2.53. The molecule has 0 amide bonds. The van der Waals surface area contributed by atoms with Crippen molar-refractivity contribution >= 4 is 34.0 Å². The van der Waals surface area contributed by atoms with E-state index in [1.54, 1.807) is 0 Å². The topological polar surface area (TPSA) is 67.5 Å². The second kappa shape index (κ2) is 5.41. The third-order valence-electron chi connectivity index (χ3n) is 3.17. The van der Waals surface area contributed by atoms with Gasteiger partial charge in [-0.25, -0.2) is 0 Å². The number of nitrogens with one attached hydrogen (secondary N) is 1. The van der Waals surface area contributed by atoms with E-state index in [1.807, 2.05) is 18.2 Å². The number of nitrogens with two attached hydrogens (primary N) is 1. The van der Waals surface area contributed by atoms with Crippen LogP contribution < -0.4 is 11.1 Å². The van der Waals surface area contributed by atoms with E-state index in [4.69, 9.17) is 10.5 Å². The number of aliphatic hydroxyl groups excluding tert-OH is 1. The quantitative estimate of drug-likeness (QED) is 0.576. The minimum Gasteiger partial charge on any atom is -0.397 e. The van der Waals surface area contributed by atoms with E-state index < -0.39 is 0 Å². The van der Waals surface area contributed by atoms with Gasteiger partial charge in [-0.1, -0.05) is 0 Å². The molecular formula is C12H17IN2O2. The molecule has 0 bridgehead atoms. The highest BCUT2D eigenvalue weighted by Crippen LogP contribution is 2.29. The molecule has 1 aromatic rings. The Balaban J connectivity index is 2.17. The first-order valence-electron chi connectivity index (χ1n) is 5.67. The van der Waals surface area contributed by atoms with E-state index in [-0.39, 0.29) is 12.1 Å². The van der Waals surface area contributed by atoms with Crippen LogP contribution in [0.25, 0.3) is 0 Å². The van der Waals surface area contributed by atoms with E-state index in [1.165, 1.54) is 0 Å². The predicted molar refractivity (Wildman–Crippen MR) is 77.1 cm³/mol. The van der Waals surface area contributed by atoms with Gasteiger partial charge in [-0.15, -0.1) is 0 Å². The van der Waals surface area contributed by atoms with Crippen LogP contribution in [-0.2, 0) is 4.74 Å². The Morgan fingerprint density at radius 1 is 1.41 bits per heavy atom. The maximum Gasteiger partial charge on any atom is 0.0663 e. The molecule has 4 N–H and O–H groups in total. The summed E-state index contributed by atoms with van der Waals surface area (Å²) in [6, 6.07) is 5.89. The third kappa shape index (κ3) is 3.02. The standard InChI is InChI=1S/C12H17IN2O2/c13-9-1-2-11(10(14)7-9)15-12(8-16)3-5-17-6-4-12/h1-2,7,15-16H,3-6,8,14H2. The molecule has 0 aromatic heterocycles. The highest BCUT2D eigenvalue weighted by atomic mass is 127. The normalized spacial score (nSPS) is 18.9. The lowest BCUT2D eigenvalue weighted by molar-refractivity contribution is 0.0380. The Labute approximate surface area is 115 Å². The first-order chi connectivity index (χ1) is 8.15. The Morgan fingerprint density at radius 3 is 2.71 bits per heavy atom. The second-order valence-electron chi connectivity index (χ2n) is 4.41. The van der Waals surface area contributed by atoms with Gasteiger partial charge in [0, 0.05) is 16.8 Å². The van der Waals surface area contributed by atoms with Crippen molar-refractivity contribution < 1.29 is 9.84 Å². The molecule has 1 saturated heterocycles. The summed E-state index contributed by atoms with van der Waals surface area (Å²) in [6.07, 6.45) is 1.60. The molecule has 17 heavy (non-hydrogen) atoms. The number of nitrogen functional groups attached to an aromatic ring is 1. The van der Waals surface area contributed by atoms with Gasteiger partial charge in [-0.05, 0) is 53.6 Å².